The number of fused-ring (bicyclic) bond motifs is 1. The summed E-state index contributed by atoms with van der Waals surface area (Å²) < 4.78 is 5.38. The van der Waals surface area contributed by atoms with Crippen molar-refractivity contribution in [3.63, 3.8) is 0 Å². The number of benzene rings is 1. The van der Waals surface area contributed by atoms with Gasteiger partial charge in [0.1, 0.15) is 5.75 Å². The van der Waals surface area contributed by atoms with Crippen molar-refractivity contribution in [1.82, 2.24) is 5.32 Å². The lowest BCUT2D eigenvalue weighted by atomic mass is 9.74. The van der Waals surface area contributed by atoms with Crippen LogP contribution in [0.15, 0.2) is 64.8 Å². The largest absolute Gasteiger partial charge is 0.494 e. The predicted octanol–water partition coefficient (Wildman–Crippen LogP) is 3.84. The van der Waals surface area contributed by atoms with Crippen molar-refractivity contribution in [2.24, 2.45) is 16.3 Å². The molecule has 1 aliphatic carbocycles. The number of hydrogen-bond acceptors (Lipinski definition) is 3. The molecule has 2 aliphatic rings. The van der Waals surface area contributed by atoms with Gasteiger partial charge in [0.05, 0.1) is 12.3 Å². The maximum absolute atomic E-state index is 12.4. The van der Waals surface area contributed by atoms with Gasteiger partial charge in [-0.2, -0.15) is 0 Å². The van der Waals surface area contributed by atoms with Crippen LogP contribution in [0.25, 0.3) is 0 Å². The molecule has 2 amide bonds. The third-order valence-corrected chi connectivity index (χ3v) is 4.50. The molecule has 140 valence electrons. The molecule has 1 aromatic rings. The minimum atomic E-state index is -0.332. The predicted molar refractivity (Wildman–Crippen MR) is 106 cm³/mol. The lowest BCUT2D eigenvalue weighted by Crippen LogP contribution is -2.36. The Kier molecular flexibility index (Phi) is 5.13. The van der Waals surface area contributed by atoms with Crippen molar-refractivity contribution in [1.29, 1.82) is 0 Å². The van der Waals surface area contributed by atoms with Gasteiger partial charge in [-0.15, -0.1) is 0 Å². The van der Waals surface area contributed by atoms with E-state index >= 15 is 0 Å². The molecule has 0 bridgehead atoms. The highest BCUT2D eigenvalue weighted by Gasteiger charge is 2.32. The van der Waals surface area contributed by atoms with Gasteiger partial charge in [-0.25, -0.2) is 4.99 Å². The van der Waals surface area contributed by atoms with E-state index in [2.05, 4.69) is 31.1 Å². The Morgan fingerprint density at radius 1 is 1.19 bits per heavy atom. The molecular weight excluding hydrogens is 340 g/mol. The quantitative estimate of drug-likeness (QED) is 0.886. The van der Waals surface area contributed by atoms with Crippen LogP contribution in [-0.2, 0) is 4.79 Å². The SMILES string of the molecule is CCOc1ccc(C(=O)N=C2C=CC3C(=C2)NC(=O)C=C3C(C)(C)C)cc1. The molecule has 0 spiro atoms. The van der Waals surface area contributed by atoms with E-state index in [4.69, 9.17) is 4.74 Å². The summed E-state index contributed by atoms with van der Waals surface area (Å²) in [5.41, 5.74) is 2.69. The van der Waals surface area contributed by atoms with Gasteiger partial charge in [-0.05, 0) is 54.3 Å². The standard InChI is InChI=1S/C22H24N2O3/c1-5-27-16-9-6-14(7-10-16)21(26)23-15-8-11-17-18(22(2,3)4)13-20(25)24-19(17)12-15/h6-13,17H,5H2,1-4H3,(H,24,25). The number of allylic oxidation sites excluding steroid dienone is 3. The summed E-state index contributed by atoms with van der Waals surface area (Å²) in [7, 11) is 0. The molecule has 1 heterocycles. The fourth-order valence-corrected chi connectivity index (χ4v) is 3.18. The zero-order valence-corrected chi connectivity index (χ0v) is 16.1. The maximum atomic E-state index is 12.4. The van der Waals surface area contributed by atoms with E-state index < -0.39 is 0 Å². The second kappa shape index (κ2) is 7.35. The number of nitrogens with zero attached hydrogens (tertiary/aromatic N) is 1. The van der Waals surface area contributed by atoms with Crippen molar-refractivity contribution >= 4 is 17.5 Å². The third kappa shape index (κ3) is 4.25. The molecule has 0 radical (unpaired) electrons. The van der Waals surface area contributed by atoms with E-state index in [0.717, 1.165) is 17.0 Å². The first-order chi connectivity index (χ1) is 12.8. The van der Waals surface area contributed by atoms with Crippen molar-refractivity contribution in [2.75, 3.05) is 6.61 Å². The summed E-state index contributed by atoms with van der Waals surface area (Å²) in [6, 6.07) is 6.90. The number of carbonyl (C=O) groups is 2. The van der Waals surface area contributed by atoms with Gasteiger partial charge in [0.25, 0.3) is 5.91 Å². The van der Waals surface area contributed by atoms with Gasteiger partial charge in [0.2, 0.25) is 5.91 Å². The highest BCUT2D eigenvalue weighted by Crippen LogP contribution is 2.38. The van der Waals surface area contributed by atoms with Crippen LogP contribution >= 0.6 is 0 Å². The smallest absolute Gasteiger partial charge is 0.277 e. The van der Waals surface area contributed by atoms with Gasteiger partial charge in [0, 0.05) is 23.3 Å². The van der Waals surface area contributed by atoms with E-state index in [1.807, 2.05) is 19.1 Å². The average molecular weight is 364 g/mol. The molecule has 0 aromatic heterocycles. The number of amides is 2. The number of rotatable bonds is 3. The molecule has 5 heteroatoms. The fourth-order valence-electron chi connectivity index (χ4n) is 3.18. The van der Waals surface area contributed by atoms with Gasteiger partial charge in [0.15, 0.2) is 0 Å². The van der Waals surface area contributed by atoms with Crippen LogP contribution in [0.2, 0.25) is 0 Å². The summed E-state index contributed by atoms with van der Waals surface area (Å²) in [6.07, 6.45) is 7.25. The topological polar surface area (TPSA) is 67.8 Å². The lowest BCUT2D eigenvalue weighted by molar-refractivity contribution is -0.116. The van der Waals surface area contributed by atoms with Gasteiger partial charge < -0.3 is 10.1 Å². The van der Waals surface area contributed by atoms with Crippen molar-refractivity contribution < 1.29 is 14.3 Å². The Morgan fingerprint density at radius 3 is 2.52 bits per heavy atom. The second-order valence-corrected chi connectivity index (χ2v) is 7.57. The van der Waals surface area contributed by atoms with Crippen molar-refractivity contribution in [3.8, 4) is 5.75 Å². The first kappa shape index (κ1) is 18.8. The first-order valence-electron chi connectivity index (χ1n) is 9.06. The van der Waals surface area contributed by atoms with Gasteiger partial charge in [-0.1, -0.05) is 26.8 Å². The lowest BCUT2D eigenvalue weighted by Gasteiger charge is -2.34. The van der Waals surface area contributed by atoms with Crippen LogP contribution in [0.5, 0.6) is 5.75 Å². The van der Waals surface area contributed by atoms with Crippen LogP contribution in [0.1, 0.15) is 38.1 Å². The molecule has 3 rings (SSSR count). The Hall–Kier alpha value is -2.95. The molecule has 0 saturated heterocycles. The van der Waals surface area contributed by atoms with Crippen molar-refractivity contribution in [2.45, 2.75) is 27.7 Å². The van der Waals surface area contributed by atoms with E-state index in [-0.39, 0.29) is 23.1 Å². The summed E-state index contributed by atoms with van der Waals surface area (Å²) in [5, 5.41) is 2.87. The van der Waals surface area contributed by atoms with Gasteiger partial charge >= 0.3 is 0 Å². The van der Waals surface area contributed by atoms with Crippen LogP contribution in [0.3, 0.4) is 0 Å². The van der Waals surface area contributed by atoms with Crippen molar-refractivity contribution in [3.05, 3.63) is 65.4 Å². The zero-order chi connectivity index (χ0) is 19.6. The van der Waals surface area contributed by atoms with Gasteiger partial charge in [-0.3, -0.25) is 9.59 Å². The molecule has 1 unspecified atom stereocenters. The molecular formula is C22H24N2O3. The number of hydrogen-bond donors (Lipinski definition) is 1. The first-order valence-corrected chi connectivity index (χ1v) is 9.06. The Labute approximate surface area is 159 Å². The van der Waals surface area contributed by atoms with E-state index in [9.17, 15) is 9.59 Å². The van der Waals surface area contributed by atoms with Crippen LogP contribution < -0.4 is 10.1 Å². The molecule has 1 aliphatic heterocycles. The number of nitrogens with one attached hydrogen (secondary N) is 1. The minimum absolute atomic E-state index is 0.00206. The minimum Gasteiger partial charge on any atom is -0.494 e. The average Bonchev–Trinajstić information content (AvgIpc) is 2.61. The van der Waals surface area contributed by atoms with E-state index in [0.29, 0.717) is 17.9 Å². The highest BCUT2D eigenvalue weighted by atomic mass is 16.5. The summed E-state index contributed by atoms with van der Waals surface area (Å²) >= 11 is 0. The third-order valence-electron chi connectivity index (χ3n) is 4.50. The Morgan fingerprint density at radius 2 is 1.89 bits per heavy atom. The van der Waals surface area contributed by atoms with Crippen LogP contribution in [-0.4, -0.2) is 24.1 Å². The van der Waals surface area contributed by atoms with E-state index in [1.165, 1.54) is 0 Å². The Bertz CT molecular complexity index is 881. The normalized spacial score (nSPS) is 20.5. The van der Waals surface area contributed by atoms with Crippen LogP contribution in [0, 0.1) is 11.3 Å². The molecule has 27 heavy (non-hydrogen) atoms. The fraction of sp³-hybridized carbons (Fsp3) is 0.318. The second-order valence-electron chi connectivity index (χ2n) is 7.57. The molecule has 1 aromatic carbocycles. The van der Waals surface area contributed by atoms with Crippen LogP contribution in [0.4, 0.5) is 0 Å². The molecule has 1 N–H and O–H groups in total. The summed E-state index contributed by atoms with van der Waals surface area (Å²) in [6.45, 7) is 8.74. The summed E-state index contributed by atoms with van der Waals surface area (Å²) in [4.78, 5) is 28.7. The zero-order valence-electron chi connectivity index (χ0n) is 16.1. The number of ether oxygens (including phenoxy) is 1. The summed E-state index contributed by atoms with van der Waals surface area (Å²) in [5.74, 6) is 0.245. The molecule has 0 saturated carbocycles. The maximum Gasteiger partial charge on any atom is 0.277 e. The monoisotopic (exact) mass is 364 g/mol. The highest BCUT2D eigenvalue weighted by molar-refractivity contribution is 6.14. The molecule has 0 fully saturated rings. The number of carbonyl (C=O) groups excluding carboxylic acids is 2. The Balaban J connectivity index is 1.83. The van der Waals surface area contributed by atoms with E-state index in [1.54, 1.807) is 36.4 Å². The number of aliphatic imine (C=N–C) groups is 1. The molecule has 5 nitrogen and oxygen atoms in total. The molecule has 1 atom stereocenters.